The fourth-order valence-electron chi connectivity index (χ4n) is 4.18. The summed E-state index contributed by atoms with van der Waals surface area (Å²) in [6.45, 7) is 6.80. The van der Waals surface area contributed by atoms with Crippen molar-refractivity contribution in [3.8, 4) is 0 Å². The largest absolute Gasteiger partial charge is 0.497 e. The fourth-order valence-corrected chi connectivity index (χ4v) is 4.18. The van der Waals surface area contributed by atoms with Gasteiger partial charge >= 0.3 is 0 Å². The second-order valence-corrected chi connectivity index (χ2v) is 7.70. The lowest BCUT2D eigenvalue weighted by Gasteiger charge is -2.34. The first-order valence-corrected chi connectivity index (χ1v) is 9.59. The third-order valence-electron chi connectivity index (χ3n) is 5.58. The van der Waals surface area contributed by atoms with Crippen molar-refractivity contribution in [3.63, 3.8) is 0 Å². The highest BCUT2D eigenvalue weighted by atomic mass is 16.5. The second kappa shape index (κ2) is 7.20. The van der Waals surface area contributed by atoms with Crippen LogP contribution in [0.5, 0.6) is 0 Å². The van der Waals surface area contributed by atoms with E-state index in [0.29, 0.717) is 5.92 Å². The van der Waals surface area contributed by atoms with E-state index in [1.807, 2.05) is 6.26 Å². The molecule has 25 heavy (non-hydrogen) atoms. The van der Waals surface area contributed by atoms with Crippen molar-refractivity contribution in [3.05, 3.63) is 33.9 Å². The Morgan fingerprint density at radius 3 is 3.08 bits per heavy atom. The summed E-state index contributed by atoms with van der Waals surface area (Å²) in [6.07, 6.45) is 9.52. The van der Waals surface area contributed by atoms with Crippen molar-refractivity contribution in [1.82, 2.24) is 14.9 Å². The summed E-state index contributed by atoms with van der Waals surface area (Å²) in [6, 6.07) is 0. The van der Waals surface area contributed by atoms with Gasteiger partial charge in [-0.2, -0.15) is 0 Å². The van der Waals surface area contributed by atoms with Crippen LogP contribution in [0.25, 0.3) is 0 Å². The van der Waals surface area contributed by atoms with Crippen LogP contribution < -0.4 is 10.5 Å². The molecule has 0 bridgehead atoms. The van der Waals surface area contributed by atoms with Crippen LogP contribution in [0.4, 0.5) is 5.95 Å². The van der Waals surface area contributed by atoms with Gasteiger partial charge in [-0.3, -0.25) is 14.7 Å². The Labute approximate surface area is 148 Å². The Morgan fingerprint density at radius 2 is 2.28 bits per heavy atom. The highest BCUT2D eigenvalue weighted by Gasteiger charge is 2.26. The van der Waals surface area contributed by atoms with Crippen LogP contribution in [0.2, 0.25) is 0 Å². The minimum absolute atomic E-state index is 0.0507. The molecule has 0 unspecified atom stereocenters. The summed E-state index contributed by atoms with van der Waals surface area (Å²) in [5, 5.41) is 0. The number of rotatable bonds is 3. The first kappa shape index (κ1) is 16.6. The number of nitrogens with one attached hydrogen (secondary N) is 1. The average molecular weight is 344 g/mol. The summed E-state index contributed by atoms with van der Waals surface area (Å²) in [7, 11) is 0. The zero-order valence-electron chi connectivity index (χ0n) is 15.0. The molecule has 2 atom stereocenters. The number of allylic oxidation sites excluding steroid dienone is 1. The maximum Gasteiger partial charge on any atom is 0.255 e. The number of aromatic amines is 1. The van der Waals surface area contributed by atoms with E-state index >= 15 is 0 Å². The molecule has 136 valence electrons. The minimum Gasteiger partial charge on any atom is -0.497 e. The summed E-state index contributed by atoms with van der Waals surface area (Å²) in [4.78, 5) is 25.0. The van der Waals surface area contributed by atoms with E-state index in [1.165, 1.54) is 12.8 Å². The minimum atomic E-state index is 0.0507. The molecule has 1 aromatic heterocycles. The molecule has 0 radical (unpaired) electrons. The Kier molecular flexibility index (Phi) is 4.79. The van der Waals surface area contributed by atoms with Crippen LogP contribution >= 0.6 is 0 Å². The van der Waals surface area contributed by atoms with E-state index in [1.54, 1.807) is 0 Å². The van der Waals surface area contributed by atoms with E-state index in [9.17, 15) is 4.79 Å². The van der Waals surface area contributed by atoms with Crippen molar-refractivity contribution in [1.29, 1.82) is 0 Å². The number of fused-ring (bicyclic) bond motifs is 1. The molecule has 0 aromatic carbocycles. The molecule has 1 saturated heterocycles. The number of anilines is 1. The Hall–Kier alpha value is -1.82. The molecule has 1 fully saturated rings. The van der Waals surface area contributed by atoms with Gasteiger partial charge in [0.2, 0.25) is 5.95 Å². The lowest BCUT2D eigenvalue weighted by molar-refractivity contribution is 0.0731. The third-order valence-corrected chi connectivity index (χ3v) is 5.58. The van der Waals surface area contributed by atoms with E-state index in [0.717, 1.165) is 69.2 Å². The maximum atomic E-state index is 12.5. The van der Waals surface area contributed by atoms with Gasteiger partial charge in [0.05, 0.1) is 12.0 Å². The molecule has 0 amide bonds. The van der Waals surface area contributed by atoms with Gasteiger partial charge in [-0.05, 0) is 44.1 Å². The number of H-pyrrole nitrogens is 1. The van der Waals surface area contributed by atoms with Gasteiger partial charge < -0.3 is 9.64 Å². The molecule has 3 aliphatic heterocycles. The summed E-state index contributed by atoms with van der Waals surface area (Å²) in [5.74, 6) is 1.41. The smallest absolute Gasteiger partial charge is 0.255 e. The van der Waals surface area contributed by atoms with Crippen molar-refractivity contribution in [2.75, 3.05) is 31.1 Å². The van der Waals surface area contributed by atoms with Crippen molar-refractivity contribution < 1.29 is 4.74 Å². The molecular formula is C19H28N4O2. The maximum absolute atomic E-state index is 12.5. The van der Waals surface area contributed by atoms with Crippen LogP contribution in [0.1, 0.15) is 43.9 Å². The summed E-state index contributed by atoms with van der Waals surface area (Å²) < 4.78 is 5.70. The van der Waals surface area contributed by atoms with Crippen LogP contribution in [-0.4, -0.2) is 47.2 Å². The SMILES string of the molecule is C[C@H]1CCCN(c2nc3c(c(=O)[nH]2)CCN(C[C@@H]2CCC=CO2)C3)C1. The van der Waals surface area contributed by atoms with Crippen LogP contribution in [0.3, 0.4) is 0 Å². The lowest BCUT2D eigenvalue weighted by Crippen LogP contribution is -2.42. The molecule has 1 aromatic rings. The molecular weight excluding hydrogens is 316 g/mol. The van der Waals surface area contributed by atoms with Gasteiger partial charge in [-0.15, -0.1) is 0 Å². The molecule has 4 heterocycles. The van der Waals surface area contributed by atoms with Crippen LogP contribution in [0, 0.1) is 5.92 Å². The van der Waals surface area contributed by atoms with Crippen molar-refractivity contribution in [2.45, 2.75) is 51.7 Å². The number of aromatic nitrogens is 2. The number of nitrogens with zero attached hydrogens (tertiary/aromatic N) is 3. The van der Waals surface area contributed by atoms with Gasteiger partial charge in [0.1, 0.15) is 6.10 Å². The molecule has 4 rings (SSSR count). The molecule has 3 aliphatic rings. The average Bonchev–Trinajstić information content (AvgIpc) is 2.62. The van der Waals surface area contributed by atoms with Crippen LogP contribution in [-0.2, 0) is 17.7 Å². The Balaban J connectivity index is 1.50. The van der Waals surface area contributed by atoms with Gasteiger partial charge in [-0.1, -0.05) is 6.92 Å². The van der Waals surface area contributed by atoms with E-state index in [-0.39, 0.29) is 11.7 Å². The molecule has 1 N–H and O–H groups in total. The molecule has 0 saturated carbocycles. The Morgan fingerprint density at radius 1 is 1.36 bits per heavy atom. The fraction of sp³-hybridized carbons (Fsp3) is 0.684. The van der Waals surface area contributed by atoms with E-state index in [4.69, 9.17) is 9.72 Å². The quantitative estimate of drug-likeness (QED) is 0.909. The van der Waals surface area contributed by atoms with Crippen molar-refractivity contribution >= 4 is 5.95 Å². The second-order valence-electron chi connectivity index (χ2n) is 7.70. The topological polar surface area (TPSA) is 61.5 Å². The highest BCUT2D eigenvalue weighted by molar-refractivity contribution is 5.35. The zero-order chi connectivity index (χ0) is 17.2. The first-order chi connectivity index (χ1) is 12.2. The first-order valence-electron chi connectivity index (χ1n) is 9.59. The molecule has 6 heteroatoms. The van der Waals surface area contributed by atoms with E-state index < -0.39 is 0 Å². The number of piperidine rings is 1. The standard InChI is InChI=1S/C19H28N4O2/c1-14-5-4-8-23(11-14)19-20-17-13-22(9-7-16(17)18(24)21-19)12-15-6-2-3-10-25-15/h3,10,14-15H,2,4-9,11-13H2,1H3,(H,20,21,24)/t14-,15-/m0/s1. The predicted molar refractivity (Wildman–Crippen MR) is 97.7 cm³/mol. The lowest BCUT2D eigenvalue weighted by atomic mass is 10.0. The number of hydrogen-bond donors (Lipinski definition) is 1. The molecule has 0 spiro atoms. The Bertz CT molecular complexity index is 699. The monoisotopic (exact) mass is 344 g/mol. The van der Waals surface area contributed by atoms with Crippen molar-refractivity contribution in [2.24, 2.45) is 5.92 Å². The summed E-state index contributed by atoms with van der Waals surface area (Å²) >= 11 is 0. The van der Waals surface area contributed by atoms with Crippen LogP contribution in [0.15, 0.2) is 17.1 Å². The predicted octanol–water partition coefficient (Wildman–Crippen LogP) is 2.06. The normalized spacial score (nSPS) is 27.0. The number of ether oxygens (including phenoxy) is 1. The molecule has 0 aliphatic carbocycles. The highest BCUT2D eigenvalue weighted by Crippen LogP contribution is 2.22. The van der Waals surface area contributed by atoms with E-state index in [2.05, 4.69) is 27.8 Å². The van der Waals surface area contributed by atoms with Gasteiger partial charge in [0, 0.05) is 38.3 Å². The third kappa shape index (κ3) is 3.73. The molecule has 6 nitrogen and oxygen atoms in total. The van der Waals surface area contributed by atoms with Gasteiger partial charge in [-0.25, -0.2) is 4.98 Å². The summed E-state index contributed by atoms with van der Waals surface area (Å²) in [5.41, 5.74) is 1.87. The zero-order valence-corrected chi connectivity index (χ0v) is 15.0. The number of hydrogen-bond acceptors (Lipinski definition) is 5. The van der Waals surface area contributed by atoms with Gasteiger partial charge in [0.25, 0.3) is 5.56 Å². The van der Waals surface area contributed by atoms with Gasteiger partial charge in [0.15, 0.2) is 0 Å².